The maximum atomic E-state index is 11.2. The molecule has 3 aromatic heterocycles. The van der Waals surface area contributed by atoms with E-state index in [0.29, 0.717) is 6.54 Å². The van der Waals surface area contributed by atoms with Crippen molar-refractivity contribution in [2.24, 2.45) is 5.73 Å². The number of piperazine rings is 1. The summed E-state index contributed by atoms with van der Waals surface area (Å²) in [6, 6.07) is 3.95. The van der Waals surface area contributed by atoms with E-state index in [2.05, 4.69) is 23.6 Å². The molecule has 8 nitrogen and oxygen atoms in total. The SMILES string of the molecule is CCc1c(C)nc2cc(-c3ccoc3C)nn2c1N1CCN(CC(N)=O)CC1. The average Bonchev–Trinajstić information content (AvgIpc) is 3.26. The average molecular weight is 382 g/mol. The molecule has 1 fully saturated rings. The Kier molecular flexibility index (Phi) is 4.80. The van der Waals surface area contributed by atoms with Crippen LogP contribution in [0, 0.1) is 13.8 Å². The fourth-order valence-electron chi connectivity index (χ4n) is 3.99. The number of carbonyl (C=O) groups excluding carboxylic acids is 1. The number of hydrogen-bond acceptors (Lipinski definition) is 6. The largest absolute Gasteiger partial charge is 0.469 e. The standard InChI is InChI=1S/C20H26N6O2/c1-4-15-13(2)22-19-11-17(16-5-10-28-14(16)3)23-26(19)20(15)25-8-6-24(7-9-25)12-18(21)27/h5,10-11H,4,6-9,12H2,1-3H3,(H2,21,27). The van der Waals surface area contributed by atoms with Gasteiger partial charge in [-0.3, -0.25) is 9.69 Å². The number of amides is 1. The van der Waals surface area contributed by atoms with Crippen LogP contribution in [0.25, 0.3) is 16.9 Å². The van der Waals surface area contributed by atoms with E-state index < -0.39 is 0 Å². The van der Waals surface area contributed by atoms with Crippen LogP contribution in [0.15, 0.2) is 22.8 Å². The molecule has 28 heavy (non-hydrogen) atoms. The van der Waals surface area contributed by atoms with Gasteiger partial charge in [0.15, 0.2) is 5.65 Å². The van der Waals surface area contributed by atoms with Crippen molar-refractivity contribution < 1.29 is 9.21 Å². The van der Waals surface area contributed by atoms with Crippen molar-refractivity contribution >= 4 is 17.4 Å². The van der Waals surface area contributed by atoms with Crippen LogP contribution in [0.3, 0.4) is 0 Å². The minimum atomic E-state index is -0.281. The topological polar surface area (TPSA) is 92.9 Å². The molecule has 3 aromatic rings. The van der Waals surface area contributed by atoms with Crippen LogP contribution >= 0.6 is 0 Å². The normalized spacial score (nSPS) is 15.5. The van der Waals surface area contributed by atoms with E-state index in [-0.39, 0.29) is 5.91 Å². The Balaban J connectivity index is 1.75. The van der Waals surface area contributed by atoms with Crippen LogP contribution in [0.1, 0.15) is 23.9 Å². The first-order chi connectivity index (χ1) is 13.5. The van der Waals surface area contributed by atoms with Crippen molar-refractivity contribution in [2.45, 2.75) is 27.2 Å². The molecule has 1 saturated heterocycles. The second-order valence-electron chi connectivity index (χ2n) is 7.27. The van der Waals surface area contributed by atoms with Crippen molar-refractivity contribution in [3.05, 3.63) is 35.4 Å². The van der Waals surface area contributed by atoms with Crippen LogP contribution in [-0.4, -0.2) is 58.1 Å². The summed E-state index contributed by atoms with van der Waals surface area (Å²) >= 11 is 0. The van der Waals surface area contributed by atoms with Gasteiger partial charge in [0, 0.05) is 49.1 Å². The molecule has 1 amide bonds. The number of hydrogen-bond donors (Lipinski definition) is 1. The zero-order valence-corrected chi connectivity index (χ0v) is 16.6. The van der Waals surface area contributed by atoms with E-state index in [4.69, 9.17) is 20.2 Å². The smallest absolute Gasteiger partial charge is 0.231 e. The molecule has 8 heteroatoms. The van der Waals surface area contributed by atoms with E-state index in [9.17, 15) is 4.79 Å². The van der Waals surface area contributed by atoms with Gasteiger partial charge in [-0.05, 0) is 26.3 Å². The molecule has 0 bridgehead atoms. The third-order valence-electron chi connectivity index (χ3n) is 5.42. The first-order valence-corrected chi connectivity index (χ1v) is 9.67. The Morgan fingerprint density at radius 3 is 2.61 bits per heavy atom. The van der Waals surface area contributed by atoms with Gasteiger partial charge in [0.25, 0.3) is 0 Å². The molecular formula is C20H26N6O2. The summed E-state index contributed by atoms with van der Waals surface area (Å²) in [5.41, 5.74) is 10.3. The third-order valence-corrected chi connectivity index (χ3v) is 5.42. The summed E-state index contributed by atoms with van der Waals surface area (Å²) in [5, 5.41) is 4.87. The van der Waals surface area contributed by atoms with Gasteiger partial charge in [-0.2, -0.15) is 9.61 Å². The quantitative estimate of drug-likeness (QED) is 0.723. The van der Waals surface area contributed by atoms with Crippen LogP contribution in [0.4, 0.5) is 5.82 Å². The Morgan fingerprint density at radius 2 is 2.00 bits per heavy atom. The molecule has 0 spiro atoms. The monoisotopic (exact) mass is 382 g/mol. The second kappa shape index (κ2) is 7.27. The van der Waals surface area contributed by atoms with Crippen molar-refractivity contribution in [1.29, 1.82) is 0 Å². The van der Waals surface area contributed by atoms with Crippen LogP contribution in [-0.2, 0) is 11.2 Å². The lowest BCUT2D eigenvalue weighted by Crippen LogP contribution is -2.49. The van der Waals surface area contributed by atoms with E-state index in [0.717, 1.165) is 66.8 Å². The number of rotatable bonds is 5. The summed E-state index contributed by atoms with van der Waals surface area (Å²) in [7, 11) is 0. The molecule has 4 rings (SSSR count). The predicted molar refractivity (Wildman–Crippen MR) is 107 cm³/mol. The lowest BCUT2D eigenvalue weighted by Gasteiger charge is -2.36. The van der Waals surface area contributed by atoms with E-state index in [1.807, 2.05) is 23.6 Å². The fourth-order valence-corrected chi connectivity index (χ4v) is 3.99. The highest BCUT2D eigenvalue weighted by Gasteiger charge is 2.24. The van der Waals surface area contributed by atoms with Gasteiger partial charge in [0.05, 0.1) is 18.5 Å². The molecule has 2 N–H and O–H groups in total. The molecule has 0 unspecified atom stereocenters. The van der Waals surface area contributed by atoms with Crippen molar-refractivity contribution in [2.75, 3.05) is 37.6 Å². The van der Waals surface area contributed by atoms with Gasteiger partial charge in [-0.25, -0.2) is 4.98 Å². The number of nitrogens with zero attached hydrogens (tertiary/aromatic N) is 5. The summed E-state index contributed by atoms with van der Waals surface area (Å²) < 4.78 is 7.41. The third kappa shape index (κ3) is 3.24. The molecule has 0 saturated carbocycles. The molecule has 1 aliphatic heterocycles. The van der Waals surface area contributed by atoms with Crippen molar-refractivity contribution in [3.63, 3.8) is 0 Å². The van der Waals surface area contributed by atoms with E-state index in [1.165, 1.54) is 5.56 Å². The van der Waals surface area contributed by atoms with Crippen LogP contribution < -0.4 is 10.6 Å². The molecule has 0 atom stereocenters. The first-order valence-electron chi connectivity index (χ1n) is 9.67. The molecule has 148 valence electrons. The summed E-state index contributed by atoms with van der Waals surface area (Å²) in [6.07, 6.45) is 2.56. The van der Waals surface area contributed by atoms with Crippen LogP contribution in [0.5, 0.6) is 0 Å². The zero-order valence-electron chi connectivity index (χ0n) is 16.6. The lowest BCUT2D eigenvalue weighted by molar-refractivity contribution is -0.119. The van der Waals surface area contributed by atoms with Gasteiger partial charge >= 0.3 is 0 Å². The number of primary amides is 1. The van der Waals surface area contributed by atoms with E-state index >= 15 is 0 Å². The summed E-state index contributed by atoms with van der Waals surface area (Å²) in [5.74, 6) is 1.66. The molecule has 0 radical (unpaired) electrons. The van der Waals surface area contributed by atoms with Gasteiger partial charge < -0.3 is 15.1 Å². The number of anilines is 1. The number of fused-ring (bicyclic) bond motifs is 1. The summed E-state index contributed by atoms with van der Waals surface area (Å²) in [6.45, 7) is 9.68. The number of furan rings is 1. The maximum Gasteiger partial charge on any atom is 0.231 e. The molecular weight excluding hydrogens is 356 g/mol. The molecule has 1 aliphatic rings. The van der Waals surface area contributed by atoms with Crippen LogP contribution in [0.2, 0.25) is 0 Å². The van der Waals surface area contributed by atoms with Gasteiger partial charge in [0.1, 0.15) is 11.6 Å². The highest BCUT2D eigenvalue weighted by atomic mass is 16.3. The number of aryl methyl sites for hydroxylation is 2. The minimum Gasteiger partial charge on any atom is -0.469 e. The Morgan fingerprint density at radius 1 is 1.25 bits per heavy atom. The molecule has 0 aliphatic carbocycles. The predicted octanol–water partition coefficient (Wildman–Crippen LogP) is 1.78. The Labute approximate surface area is 163 Å². The summed E-state index contributed by atoms with van der Waals surface area (Å²) in [4.78, 5) is 20.4. The first kappa shape index (κ1) is 18.5. The number of carbonyl (C=O) groups is 1. The molecule has 0 aromatic carbocycles. The Bertz CT molecular complexity index is 1010. The minimum absolute atomic E-state index is 0.281. The highest BCUT2D eigenvalue weighted by molar-refractivity contribution is 5.76. The molecule has 4 heterocycles. The number of nitrogens with two attached hydrogens (primary N) is 1. The van der Waals surface area contributed by atoms with Gasteiger partial charge in [-0.15, -0.1) is 0 Å². The van der Waals surface area contributed by atoms with Crippen molar-refractivity contribution in [1.82, 2.24) is 19.5 Å². The number of aromatic nitrogens is 3. The van der Waals surface area contributed by atoms with Gasteiger partial charge in [0.2, 0.25) is 5.91 Å². The van der Waals surface area contributed by atoms with Gasteiger partial charge in [-0.1, -0.05) is 6.92 Å². The maximum absolute atomic E-state index is 11.2. The lowest BCUT2D eigenvalue weighted by atomic mass is 10.1. The second-order valence-corrected chi connectivity index (χ2v) is 7.27. The Hall–Kier alpha value is -2.87. The highest BCUT2D eigenvalue weighted by Crippen LogP contribution is 2.30. The van der Waals surface area contributed by atoms with Crippen molar-refractivity contribution in [3.8, 4) is 11.3 Å². The zero-order chi connectivity index (χ0) is 19.8. The fraction of sp³-hybridized carbons (Fsp3) is 0.450. The van der Waals surface area contributed by atoms with E-state index in [1.54, 1.807) is 6.26 Å².